The lowest BCUT2D eigenvalue weighted by Gasteiger charge is -2.16. The summed E-state index contributed by atoms with van der Waals surface area (Å²) in [6.45, 7) is 0. The highest BCUT2D eigenvalue weighted by molar-refractivity contribution is 8.14. The van der Waals surface area contributed by atoms with Crippen LogP contribution in [0, 0.1) is 0 Å². The average molecular weight is 487 g/mol. The van der Waals surface area contributed by atoms with Crippen LogP contribution in [0.25, 0.3) is 27.7 Å². The Labute approximate surface area is 194 Å². The first kappa shape index (κ1) is 22.6. The van der Waals surface area contributed by atoms with Gasteiger partial charge in [0.2, 0.25) is 0 Å². The number of esters is 1. The quantitative estimate of drug-likeness (QED) is 0.294. The number of rotatable bonds is 6. The SMILES string of the molecule is COC(=O)c1nn(-c2cccc3ccccc23)c(-c2c(OC)cccc2OC)c1S(=O)(=O)Cl. The summed E-state index contributed by atoms with van der Waals surface area (Å²) in [6, 6.07) is 17.9. The maximum Gasteiger partial charge on any atom is 0.360 e. The van der Waals surface area contributed by atoms with Crippen molar-refractivity contribution in [3.05, 3.63) is 66.4 Å². The number of carbonyl (C=O) groups excluding carboxylic acids is 1. The Morgan fingerprint density at radius 3 is 2.12 bits per heavy atom. The van der Waals surface area contributed by atoms with Gasteiger partial charge in [-0.15, -0.1) is 0 Å². The lowest BCUT2D eigenvalue weighted by molar-refractivity contribution is 0.0589. The third-order valence-electron chi connectivity index (χ3n) is 5.12. The highest BCUT2D eigenvalue weighted by Gasteiger charge is 2.36. The van der Waals surface area contributed by atoms with Crippen molar-refractivity contribution in [2.75, 3.05) is 21.3 Å². The van der Waals surface area contributed by atoms with Crippen molar-refractivity contribution < 1.29 is 27.4 Å². The first-order valence-electron chi connectivity index (χ1n) is 9.67. The molecule has 0 saturated heterocycles. The summed E-state index contributed by atoms with van der Waals surface area (Å²) >= 11 is 0. The molecule has 0 aliphatic rings. The lowest BCUT2D eigenvalue weighted by Crippen LogP contribution is -2.07. The highest BCUT2D eigenvalue weighted by Crippen LogP contribution is 2.44. The number of ether oxygens (including phenoxy) is 3. The van der Waals surface area contributed by atoms with E-state index < -0.39 is 25.6 Å². The van der Waals surface area contributed by atoms with Gasteiger partial charge >= 0.3 is 5.97 Å². The Kier molecular flexibility index (Phi) is 6.01. The zero-order valence-electron chi connectivity index (χ0n) is 17.9. The van der Waals surface area contributed by atoms with E-state index in [0.717, 1.165) is 17.9 Å². The second-order valence-electron chi connectivity index (χ2n) is 6.90. The Morgan fingerprint density at radius 1 is 0.909 bits per heavy atom. The van der Waals surface area contributed by atoms with E-state index in [9.17, 15) is 13.2 Å². The molecule has 0 aliphatic carbocycles. The number of hydrogen-bond donors (Lipinski definition) is 0. The predicted molar refractivity (Wildman–Crippen MR) is 124 cm³/mol. The predicted octanol–water partition coefficient (Wildman–Crippen LogP) is 4.42. The zero-order chi connectivity index (χ0) is 23.8. The number of halogens is 1. The summed E-state index contributed by atoms with van der Waals surface area (Å²) in [5, 5.41) is 6.02. The molecule has 3 aromatic carbocycles. The number of hydrogen-bond acceptors (Lipinski definition) is 7. The second-order valence-corrected chi connectivity index (χ2v) is 9.41. The number of methoxy groups -OCH3 is 3. The molecule has 0 atom stereocenters. The number of fused-ring (bicyclic) bond motifs is 1. The smallest absolute Gasteiger partial charge is 0.360 e. The summed E-state index contributed by atoms with van der Waals surface area (Å²) < 4.78 is 42.8. The van der Waals surface area contributed by atoms with E-state index in [0.29, 0.717) is 17.2 Å². The minimum absolute atomic E-state index is 0.0102. The van der Waals surface area contributed by atoms with Gasteiger partial charge in [0, 0.05) is 16.1 Å². The van der Waals surface area contributed by atoms with Crippen molar-refractivity contribution >= 4 is 36.5 Å². The molecule has 0 radical (unpaired) electrons. The summed E-state index contributed by atoms with van der Waals surface area (Å²) in [5.74, 6) is -0.356. The molecule has 0 saturated carbocycles. The van der Waals surface area contributed by atoms with Gasteiger partial charge in [0.15, 0.2) is 5.69 Å². The fraction of sp³-hybridized carbons (Fsp3) is 0.130. The monoisotopic (exact) mass is 486 g/mol. The van der Waals surface area contributed by atoms with Crippen molar-refractivity contribution in [1.29, 1.82) is 0 Å². The fourth-order valence-corrected chi connectivity index (χ4v) is 4.95. The highest BCUT2D eigenvalue weighted by atomic mass is 35.7. The molecule has 0 spiro atoms. The van der Waals surface area contributed by atoms with Crippen LogP contribution in [0.4, 0.5) is 0 Å². The van der Waals surface area contributed by atoms with Gasteiger partial charge in [-0.1, -0.05) is 42.5 Å². The average Bonchev–Trinajstić information content (AvgIpc) is 3.23. The number of benzene rings is 3. The minimum atomic E-state index is -4.48. The van der Waals surface area contributed by atoms with Crippen LogP contribution in [0.2, 0.25) is 0 Å². The molecule has 4 aromatic rings. The number of aromatic nitrogens is 2. The van der Waals surface area contributed by atoms with Crippen LogP contribution in [-0.4, -0.2) is 45.5 Å². The Morgan fingerprint density at radius 2 is 1.52 bits per heavy atom. The van der Waals surface area contributed by atoms with Gasteiger partial charge in [-0.25, -0.2) is 17.9 Å². The van der Waals surface area contributed by atoms with Gasteiger partial charge in [0.25, 0.3) is 9.05 Å². The second kappa shape index (κ2) is 8.76. The Hall–Kier alpha value is -3.56. The molecule has 0 amide bonds. The van der Waals surface area contributed by atoms with Crippen LogP contribution < -0.4 is 9.47 Å². The Bertz CT molecular complexity index is 1450. The van der Waals surface area contributed by atoms with Crippen LogP contribution in [0.3, 0.4) is 0 Å². The van der Waals surface area contributed by atoms with Crippen molar-refractivity contribution in [3.8, 4) is 28.4 Å². The Balaban J connectivity index is 2.25. The largest absolute Gasteiger partial charge is 0.496 e. The maximum atomic E-state index is 12.8. The molecule has 1 aromatic heterocycles. The summed E-state index contributed by atoms with van der Waals surface area (Å²) in [5.41, 5.74) is 0.338. The van der Waals surface area contributed by atoms with E-state index in [1.807, 2.05) is 30.3 Å². The van der Waals surface area contributed by atoms with E-state index in [1.54, 1.807) is 30.3 Å². The van der Waals surface area contributed by atoms with Crippen LogP contribution >= 0.6 is 10.7 Å². The summed E-state index contributed by atoms with van der Waals surface area (Å²) in [4.78, 5) is 12.1. The van der Waals surface area contributed by atoms with Gasteiger partial charge in [0.1, 0.15) is 22.1 Å². The summed E-state index contributed by atoms with van der Waals surface area (Å²) in [6.07, 6.45) is 0. The molecule has 4 rings (SSSR count). The summed E-state index contributed by atoms with van der Waals surface area (Å²) in [7, 11) is 5.39. The number of carbonyl (C=O) groups is 1. The van der Waals surface area contributed by atoms with E-state index in [-0.39, 0.29) is 11.3 Å². The minimum Gasteiger partial charge on any atom is -0.496 e. The van der Waals surface area contributed by atoms with Crippen molar-refractivity contribution in [3.63, 3.8) is 0 Å². The molecule has 0 N–H and O–H groups in total. The van der Waals surface area contributed by atoms with Gasteiger partial charge < -0.3 is 14.2 Å². The van der Waals surface area contributed by atoms with Crippen LogP contribution in [0.1, 0.15) is 10.5 Å². The molecule has 0 unspecified atom stereocenters. The normalized spacial score (nSPS) is 11.4. The topological polar surface area (TPSA) is 96.7 Å². The molecular weight excluding hydrogens is 468 g/mol. The van der Waals surface area contributed by atoms with Crippen LogP contribution in [0.5, 0.6) is 11.5 Å². The molecule has 8 nitrogen and oxygen atoms in total. The van der Waals surface area contributed by atoms with Gasteiger partial charge in [-0.05, 0) is 23.6 Å². The molecule has 1 heterocycles. The molecule has 33 heavy (non-hydrogen) atoms. The van der Waals surface area contributed by atoms with E-state index in [2.05, 4.69) is 5.10 Å². The molecule has 0 aliphatic heterocycles. The van der Waals surface area contributed by atoms with E-state index >= 15 is 0 Å². The molecule has 10 heteroatoms. The third kappa shape index (κ3) is 3.90. The van der Waals surface area contributed by atoms with Gasteiger partial charge in [0.05, 0.1) is 32.6 Å². The van der Waals surface area contributed by atoms with Gasteiger partial charge in [-0.3, -0.25) is 0 Å². The van der Waals surface area contributed by atoms with Crippen molar-refractivity contribution in [2.45, 2.75) is 4.90 Å². The fourth-order valence-electron chi connectivity index (χ4n) is 3.74. The molecular formula is C23H19ClN2O6S. The van der Waals surface area contributed by atoms with E-state index in [1.165, 1.54) is 18.9 Å². The van der Waals surface area contributed by atoms with E-state index in [4.69, 9.17) is 24.9 Å². The van der Waals surface area contributed by atoms with Gasteiger partial charge in [-0.2, -0.15) is 5.10 Å². The van der Waals surface area contributed by atoms with Crippen molar-refractivity contribution in [2.24, 2.45) is 0 Å². The molecule has 0 fully saturated rings. The maximum absolute atomic E-state index is 12.8. The molecule has 0 bridgehead atoms. The first-order chi connectivity index (χ1) is 15.8. The first-order valence-corrected chi connectivity index (χ1v) is 12.0. The van der Waals surface area contributed by atoms with Crippen LogP contribution in [-0.2, 0) is 13.8 Å². The third-order valence-corrected chi connectivity index (χ3v) is 6.46. The lowest BCUT2D eigenvalue weighted by atomic mass is 10.1. The van der Waals surface area contributed by atoms with Crippen molar-refractivity contribution in [1.82, 2.24) is 9.78 Å². The zero-order valence-corrected chi connectivity index (χ0v) is 19.5. The standard InChI is InChI=1S/C23H19ClN2O6S/c1-30-17-12-7-13-18(31-2)19(17)21-22(33(24,28)29)20(23(27)32-3)25-26(21)16-11-6-9-14-8-4-5-10-15(14)16/h4-13H,1-3H3. The molecule has 170 valence electrons. The van der Waals surface area contributed by atoms with Crippen LogP contribution in [0.15, 0.2) is 65.6 Å². The number of nitrogens with zero attached hydrogens (tertiary/aromatic N) is 2.